The highest BCUT2D eigenvalue weighted by atomic mass is 16.5. The van der Waals surface area contributed by atoms with E-state index in [0.717, 1.165) is 0 Å². The second kappa shape index (κ2) is 9.27. The smallest absolute Gasteiger partial charge is 0.336 e. The van der Waals surface area contributed by atoms with Crippen LogP contribution in [-0.4, -0.2) is 45.8 Å². The third kappa shape index (κ3) is 4.11. The standard InChI is InChI=1S/C21H25NO7/c1-7-29-21(25)18-16(19(23)27-5)12(2)22(13(3)17(18)20(24)28-6)14-8-10-15(26-4)11-9-14/h8-11,18H,7H2,1-6H3. The number of carbonyl (C=O) groups excluding carboxylic acids is 3. The van der Waals surface area contributed by atoms with Crippen LogP contribution in [0.3, 0.4) is 0 Å². The molecular formula is C21H25NO7. The van der Waals surface area contributed by atoms with Crippen molar-refractivity contribution in [3.63, 3.8) is 0 Å². The monoisotopic (exact) mass is 403 g/mol. The highest BCUT2D eigenvalue weighted by Gasteiger charge is 2.44. The molecule has 1 aromatic rings. The Morgan fingerprint density at radius 3 is 1.76 bits per heavy atom. The van der Waals surface area contributed by atoms with Crippen LogP contribution in [0.15, 0.2) is 46.8 Å². The highest BCUT2D eigenvalue weighted by molar-refractivity contribution is 6.07. The normalized spacial score (nSPS) is 14.6. The molecule has 0 saturated heterocycles. The first-order valence-corrected chi connectivity index (χ1v) is 9.01. The summed E-state index contributed by atoms with van der Waals surface area (Å²) in [7, 11) is 3.98. The summed E-state index contributed by atoms with van der Waals surface area (Å²) in [5, 5.41) is 0. The van der Waals surface area contributed by atoms with Crippen molar-refractivity contribution in [3.8, 4) is 5.75 Å². The van der Waals surface area contributed by atoms with Crippen molar-refractivity contribution in [3.05, 3.63) is 46.8 Å². The van der Waals surface area contributed by atoms with Gasteiger partial charge in [-0.15, -0.1) is 0 Å². The molecule has 1 heterocycles. The zero-order valence-electron chi connectivity index (χ0n) is 17.4. The molecule has 0 unspecified atom stereocenters. The molecule has 0 aliphatic carbocycles. The summed E-state index contributed by atoms with van der Waals surface area (Å²) in [5.41, 5.74) is 1.61. The molecule has 1 aliphatic heterocycles. The number of methoxy groups -OCH3 is 3. The number of allylic oxidation sites excluding steroid dienone is 2. The summed E-state index contributed by atoms with van der Waals surface area (Å²) in [6, 6.07) is 7.06. The van der Waals surface area contributed by atoms with E-state index in [0.29, 0.717) is 22.8 Å². The van der Waals surface area contributed by atoms with Gasteiger partial charge in [-0.2, -0.15) is 0 Å². The Morgan fingerprint density at radius 2 is 1.38 bits per heavy atom. The number of ether oxygens (including phenoxy) is 4. The summed E-state index contributed by atoms with van der Waals surface area (Å²) in [6.07, 6.45) is 0. The van der Waals surface area contributed by atoms with E-state index < -0.39 is 23.8 Å². The lowest BCUT2D eigenvalue weighted by atomic mass is 9.84. The van der Waals surface area contributed by atoms with Gasteiger partial charge in [0.25, 0.3) is 0 Å². The highest BCUT2D eigenvalue weighted by Crippen LogP contribution is 2.40. The lowest BCUT2D eigenvalue weighted by Gasteiger charge is -2.36. The van der Waals surface area contributed by atoms with Gasteiger partial charge in [-0.1, -0.05) is 0 Å². The Labute approximate surface area is 169 Å². The predicted molar refractivity (Wildman–Crippen MR) is 105 cm³/mol. The van der Waals surface area contributed by atoms with E-state index in [1.165, 1.54) is 14.2 Å². The van der Waals surface area contributed by atoms with Crippen LogP contribution >= 0.6 is 0 Å². The molecular weight excluding hydrogens is 378 g/mol. The van der Waals surface area contributed by atoms with Crippen molar-refractivity contribution in [2.45, 2.75) is 20.8 Å². The van der Waals surface area contributed by atoms with Gasteiger partial charge >= 0.3 is 17.9 Å². The molecule has 1 aromatic carbocycles. The molecule has 0 bridgehead atoms. The van der Waals surface area contributed by atoms with Crippen molar-refractivity contribution in [2.24, 2.45) is 5.92 Å². The fourth-order valence-electron chi connectivity index (χ4n) is 3.39. The van der Waals surface area contributed by atoms with Crippen LogP contribution in [-0.2, 0) is 28.6 Å². The van der Waals surface area contributed by atoms with Gasteiger partial charge in [-0.3, -0.25) is 4.79 Å². The Kier molecular flexibility index (Phi) is 7.03. The van der Waals surface area contributed by atoms with Gasteiger partial charge in [0.2, 0.25) is 0 Å². The second-order valence-corrected chi connectivity index (χ2v) is 6.20. The van der Waals surface area contributed by atoms with Gasteiger partial charge in [0, 0.05) is 17.1 Å². The van der Waals surface area contributed by atoms with Crippen LogP contribution < -0.4 is 9.64 Å². The maximum atomic E-state index is 12.7. The number of carbonyl (C=O) groups is 3. The van der Waals surface area contributed by atoms with E-state index in [1.54, 1.807) is 57.0 Å². The molecule has 0 radical (unpaired) electrons. The van der Waals surface area contributed by atoms with Gasteiger partial charge in [-0.05, 0) is 45.0 Å². The van der Waals surface area contributed by atoms with Gasteiger partial charge in [0.1, 0.15) is 11.7 Å². The van der Waals surface area contributed by atoms with Gasteiger partial charge in [0.05, 0.1) is 39.1 Å². The van der Waals surface area contributed by atoms with Crippen molar-refractivity contribution in [1.29, 1.82) is 0 Å². The van der Waals surface area contributed by atoms with E-state index in [2.05, 4.69) is 0 Å². The molecule has 0 atom stereocenters. The Bertz CT molecular complexity index is 828. The molecule has 0 spiro atoms. The van der Waals surface area contributed by atoms with Gasteiger partial charge in [0.15, 0.2) is 0 Å². The second-order valence-electron chi connectivity index (χ2n) is 6.20. The van der Waals surface area contributed by atoms with Crippen LogP contribution in [0.1, 0.15) is 20.8 Å². The van der Waals surface area contributed by atoms with Crippen LogP contribution in [0, 0.1) is 5.92 Å². The zero-order valence-corrected chi connectivity index (χ0v) is 17.4. The van der Waals surface area contributed by atoms with E-state index in [-0.39, 0.29) is 17.8 Å². The molecule has 0 aromatic heterocycles. The maximum Gasteiger partial charge on any atom is 0.336 e. The first-order chi connectivity index (χ1) is 13.8. The molecule has 2 rings (SSSR count). The largest absolute Gasteiger partial charge is 0.497 e. The van der Waals surface area contributed by atoms with Gasteiger partial charge < -0.3 is 23.8 Å². The summed E-state index contributed by atoms with van der Waals surface area (Å²) in [6.45, 7) is 5.10. The van der Waals surface area contributed by atoms with Crippen molar-refractivity contribution in [2.75, 3.05) is 32.8 Å². The number of anilines is 1. The van der Waals surface area contributed by atoms with E-state index in [9.17, 15) is 14.4 Å². The van der Waals surface area contributed by atoms with Crippen molar-refractivity contribution in [1.82, 2.24) is 0 Å². The fraction of sp³-hybridized carbons (Fsp3) is 0.381. The molecule has 156 valence electrons. The molecule has 0 fully saturated rings. The average molecular weight is 403 g/mol. The van der Waals surface area contributed by atoms with Crippen LogP contribution in [0.4, 0.5) is 5.69 Å². The summed E-state index contributed by atoms with van der Waals surface area (Å²) in [5.74, 6) is -2.77. The lowest BCUT2D eigenvalue weighted by Crippen LogP contribution is -2.40. The number of esters is 3. The summed E-state index contributed by atoms with van der Waals surface area (Å²) in [4.78, 5) is 39.7. The molecule has 8 heteroatoms. The lowest BCUT2D eigenvalue weighted by molar-refractivity contribution is -0.150. The third-order valence-corrected chi connectivity index (χ3v) is 4.69. The van der Waals surface area contributed by atoms with E-state index in [1.807, 2.05) is 0 Å². The molecule has 29 heavy (non-hydrogen) atoms. The van der Waals surface area contributed by atoms with E-state index >= 15 is 0 Å². The van der Waals surface area contributed by atoms with Crippen molar-refractivity contribution >= 4 is 23.6 Å². The molecule has 0 saturated carbocycles. The number of hydrogen-bond acceptors (Lipinski definition) is 8. The van der Waals surface area contributed by atoms with Crippen LogP contribution in [0.2, 0.25) is 0 Å². The first-order valence-electron chi connectivity index (χ1n) is 9.01. The number of nitrogens with zero attached hydrogens (tertiary/aromatic N) is 1. The number of benzene rings is 1. The fourth-order valence-corrected chi connectivity index (χ4v) is 3.39. The quantitative estimate of drug-likeness (QED) is 0.529. The topological polar surface area (TPSA) is 91.4 Å². The van der Waals surface area contributed by atoms with Crippen LogP contribution in [0.5, 0.6) is 5.75 Å². The predicted octanol–water partition coefficient (Wildman–Crippen LogP) is 2.59. The van der Waals surface area contributed by atoms with Crippen LogP contribution in [0.25, 0.3) is 0 Å². The van der Waals surface area contributed by atoms with E-state index in [4.69, 9.17) is 18.9 Å². The Morgan fingerprint density at radius 1 is 0.897 bits per heavy atom. The molecule has 1 aliphatic rings. The van der Waals surface area contributed by atoms with Gasteiger partial charge in [-0.25, -0.2) is 9.59 Å². The summed E-state index contributed by atoms with van der Waals surface area (Å²) >= 11 is 0. The molecule has 0 N–H and O–H groups in total. The SMILES string of the molecule is CCOC(=O)C1C(C(=O)OC)=C(C)N(c2ccc(OC)cc2)C(C)=C1C(=O)OC. The minimum Gasteiger partial charge on any atom is -0.497 e. The minimum absolute atomic E-state index is 0.0211. The minimum atomic E-state index is -1.25. The number of hydrogen-bond donors (Lipinski definition) is 0. The maximum absolute atomic E-state index is 12.7. The Balaban J connectivity index is 2.77. The molecule has 8 nitrogen and oxygen atoms in total. The van der Waals surface area contributed by atoms with Crippen molar-refractivity contribution < 1.29 is 33.3 Å². The third-order valence-electron chi connectivity index (χ3n) is 4.69. The first kappa shape index (κ1) is 22.0. The number of rotatable bonds is 6. The molecule has 0 amide bonds. The zero-order chi connectivity index (χ0) is 21.7. The summed E-state index contributed by atoms with van der Waals surface area (Å²) < 4.78 is 20.1. The average Bonchev–Trinajstić information content (AvgIpc) is 2.72. The Hall–Kier alpha value is -3.29.